The molecule has 1 fully saturated rings. The molecule has 4 atom stereocenters. The number of aliphatic carboxylic acids is 1. The van der Waals surface area contributed by atoms with E-state index in [0.717, 1.165) is 31.4 Å². The van der Waals surface area contributed by atoms with Crippen LogP contribution in [0.5, 0.6) is 5.75 Å². The lowest BCUT2D eigenvalue weighted by Gasteiger charge is -2.32. The number of carbonyl (C=O) groups excluding carboxylic acids is 1. The lowest BCUT2D eigenvalue weighted by atomic mass is 9.73. The molecule has 2 aliphatic rings. The van der Waals surface area contributed by atoms with Gasteiger partial charge in [0.2, 0.25) is 0 Å². The van der Waals surface area contributed by atoms with E-state index in [2.05, 4.69) is 11.4 Å². The fourth-order valence-corrected chi connectivity index (χ4v) is 5.18. The Labute approximate surface area is 179 Å². The summed E-state index contributed by atoms with van der Waals surface area (Å²) in [6, 6.07) is 6.00. The summed E-state index contributed by atoms with van der Waals surface area (Å²) < 4.78 is 11.2. The molecule has 3 rings (SSSR count). The summed E-state index contributed by atoms with van der Waals surface area (Å²) in [5, 5.41) is 12.1. The molecule has 0 bridgehead atoms. The van der Waals surface area contributed by atoms with Crippen LogP contribution in [0, 0.1) is 23.7 Å². The van der Waals surface area contributed by atoms with Gasteiger partial charge >= 0.3 is 11.9 Å². The molecule has 166 valence electrons. The zero-order valence-electron chi connectivity index (χ0n) is 18.4. The van der Waals surface area contributed by atoms with Crippen molar-refractivity contribution in [3.8, 4) is 5.75 Å². The Bertz CT molecular complexity index is 747. The van der Waals surface area contributed by atoms with Gasteiger partial charge in [-0.25, -0.2) is 4.79 Å². The van der Waals surface area contributed by atoms with Gasteiger partial charge in [-0.3, -0.25) is 10.1 Å². The van der Waals surface area contributed by atoms with E-state index >= 15 is 0 Å². The van der Waals surface area contributed by atoms with Crippen molar-refractivity contribution in [1.82, 2.24) is 5.32 Å². The van der Waals surface area contributed by atoms with E-state index in [9.17, 15) is 9.59 Å². The van der Waals surface area contributed by atoms with Gasteiger partial charge in [0.15, 0.2) is 12.8 Å². The summed E-state index contributed by atoms with van der Waals surface area (Å²) in [6.07, 6.45) is 6.49. The van der Waals surface area contributed by atoms with Gasteiger partial charge in [-0.2, -0.15) is 0 Å². The number of carbonyl (C=O) groups is 2. The predicted octanol–water partition coefficient (Wildman–Crippen LogP) is 3.81. The van der Waals surface area contributed by atoms with Crippen molar-refractivity contribution in [2.75, 3.05) is 13.7 Å². The normalized spacial score (nSPS) is 23.5. The Kier molecular flexibility index (Phi) is 7.75. The van der Waals surface area contributed by atoms with Crippen LogP contribution in [-0.4, -0.2) is 36.9 Å². The number of nitrogens with one attached hydrogen (secondary N) is 1. The topological polar surface area (TPSA) is 84.9 Å². The second-order valence-electron chi connectivity index (χ2n) is 9.19. The number of carboxylic acids is 1. The van der Waals surface area contributed by atoms with Crippen LogP contribution in [0.2, 0.25) is 0 Å². The van der Waals surface area contributed by atoms with E-state index in [1.54, 1.807) is 0 Å². The Hall–Kier alpha value is -2.08. The highest BCUT2D eigenvalue weighted by molar-refractivity contribution is 5.69. The molecule has 0 amide bonds. The summed E-state index contributed by atoms with van der Waals surface area (Å²) in [5.74, 6) is 1.84. The second-order valence-corrected chi connectivity index (χ2v) is 9.19. The van der Waals surface area contributed by atoms with Gasteiger partial charge in [-0.1, -0.05) is 26.0 Å². The van der Waals surface area contributed by atoms with Gasteiger partial charge in [0, 0.05) is 6.42 Å². The van der Waals surface area contributed by atoms with Crippen LogP contribution in [0.1, 0.15) is 57.1 Å². The first-order valence-electron chi connectivity index (χ1n) is 11.2. The van der Waals surface area contributed by atoms with Gasteiger partial charge in [-0.15, -0.1) is 0 Å². The molecule has 1 saturated carbocycles. The molecule has 2 N–H and O–H groups in total. The third-order valence-corrected chi connectivity index (χ3v) is 6.59. The number of hydrogen-bond acceptors (Lipinski definition) is 5. The van der Waals surface area contributed by atoms with Gasteiger partial charge in [0.05, 0.1) is 0 Å². The number of benzene rings is 1. The van der Waals surface area contributed by atoms with E-state index < -0.39 is 5.97 Å². The average Bonchev–Trinajstić information content (AvgIpc) is 3.09. The van der Waals surface area contributed by atoms with Crippen molar-refractivity contribution in [1.29, 1.82) is 0 Å². The highest BCUT2D eigenvalue weighted by Gasteiger charge is 2.40. The maximum absolute atomic E-state index is 12.0. The maximum atomic E-state index is 12.0. The van der Waals surface area contributed by atoms with Crippen molar-refractivity contribution in [2.45, 2.75) is 65.0 Å². The molecule has 30 heavy (non-hydrogen) atoms. The quantitative estimate of drug-likeness (QED) is 0.445. The summed E-state index contributed by atoms with van der Waals surface area (Å²) >= 11 is 0. The number of fused-ring (bicyclic) bond motifs is 2. The highest BCUT2D eigenvalue weighted by Crippen LogP contribution is 2.48. The van der Waals surface area contributed by atoms with E-state index in [4.69, 9.17) is 14.6 Å². The van der Waals surface area contributed by atoms with Gasteiger partial charge in [-0.05, 0) is 86.4 Å². The molecule has 0 aliphatic heterocycles. The monoisotopic (exact) mass is 417 g/mol. The first kappa shape index (κ1) is 22.6. The third kappa shape index (κ3) is 5.75. The smallest absolute Gasteiger partial charge is 0.341 e. The lowest BCUT2D eigenvalue weighted by Crippen LogP contribution is -2.32. The molecule has 4 unspecified atom stereocenters. The van der Waals surface area contributed by atoms with E-state index in [1.807, 2.05) is 33.0 Å². The summed E-state index contributed by atoms with van der Waals surface area (Å²) in [5.41, 5.74) is 2.48. The molecule has 0 aromatic heterocycles. The van der Waals surface area contributed by atoms with Gasteiger partial charge in [0.1, 0.15) is 5.75 Å². The molecule has 2 aliphatic carbocycles. The van der Waals surface area contributed by atoms with Gasteiger partial charge in [0.25, 0.3) is 0 Å². The minimum Gasteiger partial charge on any atom is -0.482 e. The molecule has 1 aromatic carbocycles. The minimum absolute atomic E-state index is 0.130. The van der Waals surface area contributed by atoms with E-state index in [1.165, 1.54) is 24.0 Å². The molecular formula is C24H35NO5. The molecule has 0 radical (unpaired) electrons. The number of rotatable bonds is 10. The Balaban J connectivity index is 1.58. The molecule has 0 saturated heterocycles. The van der Waals surface area contributed by atoms with Crippen LogP contribution in [0.15, 0.2) is 18.2 Å². The zero-order chi connectivity index (χ0) is 21.7. The van der Waals surface area contributed by atoms with Crippen molar-refractivity contribution in [3.05, 3.63) is 29.3 Å². The second kappa shape index (κ2) is 10.3. The van der Waals surface area contributed by atoms with Crippen LogP contribution < -0.4 is 10.1 Å². The molecule has 6 nitrogen and oxygen atoms in total. The highest BCUT2D eigenvalue weighted by atomic mass is 16.6. The fraction of sp³-hybridized carbons (Fsp3) is 0.667. The third-order valence-electron chi connectivity index (χ3n) is 6.59. The molecule has 0 heterocycles. The van der Waals surface area contributed by atoms with E-state index in [0.29, 0.717) is 30.1 Å². The fourth-order valence-electron chi connectivity index (χ4n) is 5.18. The van der Waals surface area contributed by atoms with Crippen LogP contribution in [-0.2, 0) is 27.2 Å². The molecular weight excluding hydrogens is 382 g/mol. The van der Waals surface area contributed by atoms with Crippen LogP contribution >= 0.6 is 0 Å². The zero-order valence-corrected chi connectivity index (χ0v) is 18.4. The number of hydrogen-bond donors (Lipinski definition) is 2. The molecule has 1 aromatic rings. The standard InChI is InChI=1S/C24H35NO5/c1-15(2)11-24(28)30-22(25-3)10-9-16-7-8-18-13-20-17(12-19(16)18)5-4-6-21(20)29-14-23(26)27/h4-6,15-16,18-19,22,25H,7-14H2,1-3H3,(H,26,27). The van der Waals surface area contributed by atoms with Crippen LogP contribution in [0.25, 0.3) is 0 Å². The predicted molar refractivity (Wildman–Crippen MR) is 114 cm³/mol. The summed E-state index contributed by atoms with van der Waals surface area (Å²) in [7, 11) is 1.85. The SMILES string of the molecule is CNC(CCC1CCC2Cc3c(cccc3OCC(=O)O)CC12)OC(=O)CC(C)C. The minimum atomic E-state index is -0.949. The van der Waals surface area contributed by atoms with Crippen molar-refractivity contribution in [2.24, 2.45) is 23.7 Å². The summed E-state index contributed by atoms with van der Waals surface area (Å²) in [6.45, 7) is 3.74. The van der Waals surface area contributed by atoms with Crippen molar-refractivity contribution < 1.29 is 24.2 Å². The number of esters is 1. The largest absolute Gasteiger partial charge is 0.482 e. The Morgan fingerprint density at radius 3 is 2.73 bits per heavy atom. The Morgan fingerprint density at radius 1 is 1.23 bits per heavy atom. The first-order chi connectivity index (χ1) is 14.4. The molecule has 6 heteroatoms. The number of carboxylic acid groups (broad SMARTS) is 1. The number of ether oxygens (including phenoxy) is 2. The Morgan fingerprint density at radius 2 is 2.03 bits per heavy atom. The van der Waals surface area contributed by atoms with Crippen LogP contribution in [0.3, 0.4) is 0 Å². The van der Waals surface area contributed by atoms with E-state index in [-0.39, 0.29) is 18.8 Å². The van der Waals surface area contributed by atoms with Crippen LogP contribution in [0.4, 0.5) is 0 Å². The molecule has 0 spiro atoms. The van der Waals surface area contributed by atoms with Crippen molar-refractivity contribution >= 4 is 11.9 Å². The van der Waals surface area contributed by atoms with Crippen molar-refractivity contribution in [3.63, 3.8) is 0 Å². The summed E-state index contributed by atoms with van der Waals surface area (Å²) in [4.78, 5) is 22.9. The average molecular weight is 418 g/mol. The lowest BCUT2D eigenvalue weighted by molar-refractivity contribution is -0.152. The van der Waals surface area contributed by atoms with Gasteiger partial charge < -0.3 is 14.6 Å². The maximum Gasteiger partial charge on any atom is 0.341 e. The first-order valence-corrected chi connectivity index (χ1v) is 11.2.